The first-order chi connectivity index (χ1) is 7.81. The van der Waals surface area contributed by atoms with Crippen LogP contribution in [0.2, 0.25) is 0 Å². The van der Waals surface area contributed by atoms with Crippen molar-refractivity contribution in [2.75, 3.05) is 31.1 Å². The number of hydrogen-bond donors (Lipinski definition) is 1. The molecule has 2 atom stereocenters. The number of hydrogen-bond acceptors (Lipinski definition) is 2. The minimum Gasteiger partial charge on any atom is -0.371 e. The molecule has 0 aromatic heterocycles. The summed E-state index contributed by atoms with van der Waals surface area (Å²) in [5.74, 6) is 1.69. The fraction of sp³-hybridized carbons (Fsp3) is 0.538. The molecule has 2 saturated heterocycles. The summed E-state index contributed by atoms with van der Waals surface area (Å²) in [5, 5.41) is 3.53. The van der Waals surface area contributed by atoms with Crippen LogP contribution in [0.1, 0.15) is 6.42 Å². The van der Waals surface area contributed by atoms with Crippen molar-refractivity contribution in [3.05, 3.63) is 28.7 Å². The minimum atomic E-state index is 0.844. The Morgan fingerprint density at radius 1 is 1.06 bits per heavy atom. The Hall–Kier alpha value is -0.540. The maximum Gasteiger partial charge on any atom is 0.0367 e. The van der Waals surface area contributed by atoms with E-state index < -0.39 is 0 Å². The summed E-state index contributed by atoms with van der Waals surface area (Å²) in [6, 6.07) is 8.72. The van der Waals surface area contributed by atoms with Gasteiger partial charge in [-0.15, -0.1) is 0 Å². The summed E-state index contributed by atoms with van der Waals surface area (Å²) >= 11 is 3.49. The number of fused-ring (bicyclic) bond motifs is 2. The SMILES string of the molecule is Brc1ccc(N2CC3CNCC(C3)C2)cc1. The number of benzene rings is 1. The molecule has 2 fully saturated rings. The van der Waals surface area contributed by atoms with Gasteiger partial charge >= 0.3 is 0 Å². The monoisotopic (exact) mass is 280 g/mol. The lowest BCUT2D eigenvalue weighted by Gasteiger charge is -2.42. The van der Waals surface area contributed by atoms with Gasteiger partial charge in [-0.1, -0.05) is 15.9 Å². The Labute approximate surface area is 105 Å². The molecule has 16 heavy (non-hydrogen) atoms. The third-order valence-corrected chi connectivity index (χ3v) is 4.21. The third-order valence-electron chi connectivity index (χ3n) is 3.68. The van der Waals surface area contributed by atoms with E-state index in [0.29, 0.717) is 0 Å². The van der Waals surface area contributed by atoms with E-state index in [4.69, 9.17) is 0 Å². The predicted octanol–water partition coefficient (Wildman–Crippen LogP) is 2.49. The maximum absolute atomic E-state index is 3.53. The molecule has 1 aromatic rings. The number of anilines is 1. The van der Waals surface area contributed by atoms with Gasteiger partial charge in [0.05, 0.1) is 0 Å². The fourth-order valence-corrected chi connectivity index (χ4v) is 3.23. The highest BCUT2D eigenvalue weighted by Crippen LogP contribution is 2.29. The van der Waals surface area contributed by atoms with Crippen molar-refractivity contribution in [1.82, 2.24) is 5.32 Å². The average Bonchev–Trinajstić information content (AvgIpc) is 2.29. The van der Waals surface area contributed by atoms with Gasteiger partial charge in [0.1, 0.15) is 0 Å². The second-order valence-corrected chi connectivity index (χ2v) is 5.92. The van der Waals surface area contributed by atoms with Gasteiger partial charge in [-0.25, -0.2) is 0 Å². The lowest BCUT2D eigenvalue weighted by Crippen LogP contribution is -2.51. The Kier molecular flexibility index (Phi) is 2.90. The van der Waals surface area contributed by atoms with E-state index in [2.05, 4.69) is 50.4 Å². The molecular weight excluding hydrogens is 264 g/mol. The molecule has 0 aliphatic carbocycles. The van der Waals surface area contributed by atoms with Crippen LogP contribution in [0.5, 0.6) is 0 Å². The largest absolute Gasteiger partial charge is 0.371 e. The van der Waals surface area contributed by atoms with Crippen LogP contribution in [-0.4, -0.2) is 26.2 Å². The first-order valence-corrected chi connectivity index (χ1v) is 6.82. The lowest BCUT2D eigenvalue weighted by atomic mass is 9.85. The van der Waals surface area contributed by atoms with E-state index in [1.165, 1.54) is 38.3 Å². The summed E-state index contributed by atoms with van der Waals surface area (Å²) in [7, 11) is 0. The summed E-state index contributed by atoms with van der Waals surface area (Å²) < 4.78 is 1.16. The zero-order valence-corrected chi connectivity index (χ0v) is 10.9. The number of nitrogens with zero attached hydrogens (tertiary/aromatic N) is 1. The smallest absolute Gasteiger partial charge is 0.0367 e. The molecule has 2 unspecified atom stereocenters. The van der Waals surface area contributed by atoms with Gasteiger partial charge in [0.25, 0.3) is 0 Å². The molecule has 2 nitrogen and oxygen atoms in total. The van der Waals surface area contributed by atoms with Crippen LogP contribution in [0.25, 0.3) is 0 Å². The second kappa shape index (κ2) is 4.38. The Bertz CT molecular complexity index is 351. The number of rotatable bonds is 1. The van der Waals surface area contributed by atoms with E-state index in [1.54, 1.807) is 0 Å². The van der Waals surface area contributed by atoms with Crippen LogP contribution in [0.4, 0.5) is 5.69 Å². The van der Waals surface area contributed by atoms with Crippen molar-refractivity contribution in [2.45, 2.75) is 6.42 Å². The molecule has 0 amide bonds. The zero-order chi connectivity index (χ0) is 11.0. The van der Waals surface area contributed by atoms with Gasteiger partial charge in [-0.2, -0.15) is 0 Å². The molecule has 2 aliphatic heterocycles. The minimum absolute atomic E-state index is 0.844. The van der Waals surface area contributed by atoms with Crippen molar-refractivity contribution in [3.8, 4) is 0 Å². The van der Waals surface area contributed by atoms with Gasteiger partial charge < -0.3 is 10.2 Å². The van der Waals surface area contributed by atoms with Crippen molar-refractivity contribution in [3.63, 3.8) is 0 Å². The van der Waals surface area contributed by atoms with Crippen molar-refractivity contribution < 1.29 is 0 Å². The molecule has 0 spiro atoms. The standard InChI is InChI=1S/C13H17BrN2/c14-12-1-3-13(4-2-12)16-8-10-5-11(9-16)7-15-6-10/h1-4,10-11,15H,5-9H2. The van der Waals surface area contributed by atoms with Crippen LogP contribution in [0.15, 0.2) is 28.7 Å². The molecule has 0 radical (unpaired) electrons. The van der Waals surface area contributed by atoms with Gasteiger partial charge in [-0.05, 0) is 55.6 Å². The molecule has 2 aliphatic rings. The Morgan fingerprint density at radius 2 is 1.69 bits per heavy atom. The molecule has 1 aromatic carbocycles. The Morgan fingerprint density at radius 3 is 2.31 bits per heavy atom. The zero-order valence-electron chi connectivity index (χ0n) is 9.32. The summed E-state index contributed by atoms with van der Waals surface area (Å²) in [6.45, 7) is 4.82. The van der Waals surface area contributed by atoms with Crippen LogP contribution >= 0.6 is 15.9 Å². The molecule has 1 N–H and O–H groups in total. The Balaban J connectivity index is 1.77. The number of nitrogens with one attached hydrogen (secondary N) is 1. The summed E-state index contributed by atoms with van der Waals surface area (Å²) in [5.41, 5.74) is 1.37. The summed E-state index contributed by atoms with van der Waals surface area (Å²) in [4.78, 5) is 2.55. The van der Waals surface area contributed by atoms with E-state index >= 15 is 0 Å². The average molecular weight is 281 g/mol. The van der Waals surface area contributed by atoms with Gasteiger partial charge in [0.2, 0.25) is 0 Å². The van der Waals surface area contributed by atoms with Crippen molar-refractivity contribution in [1.29, 1.82) is 0 Å². The molecule has 3 heteroatoms. The predicted molar refractivity (Wildman–Crippen MR) is 70.8 cm³/mol. The molecular formula is C13H17BrN2. The van der Waals surface area contributed by atoms with Gasteiger partial charge in [0, 0.05) is 23.2 Å². The van der Waals surface area contributed by atoms with E-state index in [-0.39, 0.29) is 0 Å². The quantitative estimate of drug-likeness (QED) is 0.851. The van der Waals surface area contributed by atoms with Crippen molar-refractivity contribution in [2.24, 2.45) is 11.8 Å². The number of piperidine rings is 2. The highest BCUT2D eigenvalue weighted by molar-refractivity contribution is 9.10. The second-order valence-electron chi connectivity index (χ2n) is 5.01. The molecule has 0 saturated carbocycles. The first-order valence-electron chi connectivity index (χ1n) is 6.02. The van der Waals surface area contributed by atoms with Gasteiger partial charge in [0.15, 0.2) is 0 Å². The molecule has 2 heterocycles. The molecule has 2 bridgehead atoms. The molecule has 3 rings (SSSR count). The third kappa shape index (κ3) is 2.11. The summed E-state index contributed by atoms with van der Waals surface area (Å²) in [6.07, 6.45) is 1.42. The van der Waals surface area contributed by atoms with E-state index in [1.807, 2.05) is 0 Å². The van der Waals surface area contributed by atoms with Crippen LogP contribution in [-0.2, 0) is 0 Å². The fourth-order valence-electron chi connectivity index (χ4n) is 2.97. The van der Waals surface area contributed by atoms with Crippen LogP contribution in [0.3, 0.4) is 0 Å². The normalized spacial score (nSPS) is 29.2. The highest BCUT2D eigenvalue weighted by atomic mass is 79.9. The van der Waals surface area contributed by atoms with E-state index in [0.717, 1.165) is 16.3 Å². The van der Waals surface area contributed by atoms with Crippen molar-refractivity contribution >= 4 is 21.6 Å². The lowest BCUT2D eigenvalue weighted by molar-refractivity contribution is 0.250. The number of halogens is 1. The van der Waals surface area contributed by atoms with Crippen LogP contribution < -0.4 is 10.2 Å². The van der Waals surface area contributed by atoms with E-state index in [9.17, 15) is 0 Å². The molecule has 86 valence electrons. The topological polar surface area (TPSA) is 15.3 Å². The van der Waals surface area contributed by atoms with Gasteiger partial charge in [-0.3, -0.25) is 0 Å². The maximum atomic E-state index is 3.53. The highest BCUT2D eigenvalue weighted by Gasteiger charge is 2.30. The first kappa shape index (κ1) is 10.6. The van der Waals surface area contributed by atoms with Crippen LogP contribution in [0, 0.1) is 11.8 Å².